The van der Waals surface area contributed by atoms with Crippen molar-refractivity contribution in [2.45, 2.75) is 30.0 Å². The Kier molecular flexibility index (Phi) is 2.73. The fourth-order valence-electron chi connectivity index (χ4n) is 4.03. The van der Waals surface area contributed by atoms with Crippen molar-refractivity contribution < 1.29 is 4.79 Å². The third-order valence-corrected chi connectivity index (χ3v) is 5.80. The zero-order chi connectivity index (χ0) is 13.0. The number of benzene rings is 1. The van der Waals surface area contributed by atoms with Gasteiger partial charge in [-0.1, -0.05) is 40.2 Å². The molecule has 0 aromatic heterocycles. The number of halogens is 1. The highest BCUT2D eigenvalue weighted by Gasteiger charge is 2.58. The van der Waals surface area contributed by atoms with E-state index in [2.05, 4.69) is 45.1 Å². The molecule has 4 atom stereocenters. The Morgan fingerprint density at radius 3 is 2.89 bits per heavy atom. The fourth-order valence-corrected chi connectivity index (χ4v) is 4.59. The van der Waals surface area contributed by atoms with Crippen molar-refractivity contribution in [1.82, 2.24) is 4.90 Å². The average Bonchev–Trinajstić information content (AvgIpc) is 3.03. The number of hydrogen-bond donors (Lipinski definition) is 0. The zero-order valence-electron chi connectivity index (χ0n) is 10.9. The smallest absolute Gasteiger partial charge is 0.226 e. The molecule has 2 fully saturated rings. The molecular formula is C16H18BrNO. The predicted octanol–water partition coefficient (Wildman–Crippen LogP) is 2.96. The Morgan fingerprint density at radius 1 is 1.26 bits per heavy atom. The van der Waals surface area contributed by atoms with Gasteiger partial charge < -0.3 is 4.90 Å². The largest absolute Gasteiger partial charge is 0.341 e. The average molecular weight is 320 g/mol. The number of rotatable bonds is 1. The van der Waals surface area contributed by atoms with Crippen molar-refractivity contribution in [3.63, 3.8) is 0 Å². The Hall–Kier alpha value is -0.830. The molecule has 3 aliphatic rings. The van der Waals surface area contributed by atoms with E-state index < -0.39 is 0 Å². The minimum absolute atomic E-state index is 0.279. The van der Waals surface area contributed by atoms with Gasteiger partial charge in [0.25, 0.3) is 0 Å². The maximum absolute atomic E-state index is 12.6. The van der Waals surface area contributed by atoms with Crippen molar-refractivity contribution in [2.75, 3.05) is 13.1 Å². The topological polar surface area (TPSA) is 20.3 Å². The van der Waals surface area contributed by atoms with E-state index in [1.54, 1.807) is 0 Å². The molecule has 0 N–H and O–H groups in total. The lowest BCUT2D eigenvalue weighted by Gasteiger charge is -2.15. The lowest BCUT2D eigenvalue weighted by atomic mass is 9.92. The highest BCUT2D eigenvalue weighted by Crippen LogP contribution is 2.60. The Balaban J connectivity index is 1.55. The molecule has 4 unspecified atom stereocenters. The van der Waals surface area contributed by atoms with E-state index in [0.29, 0.717) is 22.6 Å². The lowest BCUT2D eigenvalue weighted by molar-refractivity contribution is -0.131. The molecule has 1 aliphatic heterocycles. The third-order valence-electron chi connectivity index (χ3n) is 5.06. The van der Waals surface area contributed by atoms with Gasteiger partial charge in [-0.3, -0.25) is 4.79 Å². The summed E-state index contributed by atoms with van der Waals surface area (Å²) in [6.45, 7) is 1.84. The van der Waals surface area contributed by atoms with Crippen molar-refractivity contribution in [3.8, 4) is 0 Å². The highest BCUT2D eigenvalue weighted by atomic mass is 79.9. The maximum Gasteiger partial charge on any atom is 0.226 e. The van der Waals surface area contributed by atoms with Gasteiger partial charge in [-0.25, -0.2) is 0 Å². The number of hydrogen-bond acceptors (Lipinski definition) is 1. The molecule has 1 aromatic carbocycles. The zero-order valence-corrected chi connectivity index (χ0v) is 12.5. The van der Waals surface area contributed by atoms with Gasteiger partial charge in [0.05, 0.1) is 0 Å². The van der Waals surface area contributed by atoms with Gasteiger partial charge >= 0.3 is 0 Å². The number of fused-ring (bicyclic) bond motifs is 3. The van der Waals surface area contributed by atoms with Crippen LogP contribution in [0, 0.1) is 11.8 Å². The summed E-state index contributed by atoms with van der Waals surface area (Å²) in [7, 11) is 0. The third kappa shape index (κ3) is 1.85. The molecule has 1 heterocycles. The van der Waals surface area contributed by atoms with E-state index in [4.69, 9.17) is 0 Å². The first kappa shape index (κ1) is 12.0. The first-order valence-electron chi connectivity index (χ1n) is 7.26. The van der Waals surface area contributed by atoms with Gasteiger partial charge in [-0.05, 0) is 42.2 Å². The summed E-state index contributed by atoms with van der Waals surface area (Å²) in [6.07, 6.45) is 3.45. The number of aryl methyl sites for hydroxylation is 1. The second kappa shape index (κ2) is 4.34. The number of carbonyl (C=O) groups excluding carboxylic acids is 1. The molecule has 3 heteroatoms. The standard InChI is InChI=1S/C16H18BrNO/c17-11-7-8-18(9-11)16(19)15-13-6-5-10-3-1-2-4-12(10)14(13)15/h1-4,11,13-15H,5-9H2. The van der Waals surface area contributed by atoms with Crippen LogP contribution in [0.25, 0.3) is 0 Å². The van der Waals surface area contributed by atoms with E-state index in [9.17, 15) is 4.79 Å². The van der Waals surface area contributed by atoms with Crippen LogP contribution < -0.4 is 0 Å². The molecule has 2 aliphatic carbocycles. The van der Waals surface area contributed by atoms with Crippen LogP contribution in [-0.2, 0) is 11.2 Å². The molecule has 1 saturated carbocycles. The summed E-state index contributed by atoms with van der Waals surface area (Å²) in [4.78, 5) is 15.2. The summed E-state index contributed by atoms with van der Waals surface area (Å²) >= 11 is 3.63. The van der Waals surface area contributed by atoms with Crippen molar-refractivity contribution in [1.29, 1.82) is 0 Å². The van der Waals surface area contributed by atoms with E-state index >= 15 is 0 Å². The lowest BCUT2D eigenvalue weighted by Crippen LogP contribution is -2.30. The second-order valence-electron chi connectivity index (χ2n) is 6.12. The fraction of sp³-hybridized carbons (Fsp3) is 0.562. The SMILES string of the molecule is O=C(C1C2CCc3ccccc3C21)N1CCC(Br)C1. The highest BCUT2D eigenvalue weighted by molar-refractivity contribution is 9.09. The number of amides is 1. The van der Waals surface area contributed by atoms with Crippen LogP contribution in [0.2, 0.25) is 0 Å². The normalized spacial score (nSPS) is 35.7. The van der Waals surface area contributed by atoms with Gasteiger partial charge in [-0.15, -0.1) is 0 Å². The molecule has 1 saturated heterocycles. The quantitative estimate of drug-likeness (QED) is 0.729. The van der Waals surface area contributed by atoms with Crippen LogP contribution in [0.4, 0.5) is 0 Å². The molecule has 4 rings (SSSR count). The number of carbonyl (C=O) groups is 1. The van der Waals surface area contributed by atoms with E-state index in [1.807, 2.05) is 0 Å². The Morgan fingerprint density at radius 2 is 2.11 bits per heavy atom. The van der Waals surface area contributed by atoms with Gasteiger partial charge in [0.1, 0.15) is 0 Å². The summed E-state index contributed by atoms with van der Waals surface area (Å²) in [6, 6.07) is 8.70. The molecule has 0 bridgehead atoms. The summed E-state index contributed by atoms with van der Waals surface area (Å²) in [5.74, 6) is 1.83. The van der Waals surface area contributed by atoms with Crippen LogP contribution in [-0.4, -0.2) is 28.7 Å². The van der Waals surface area contributed by atoms with Crippen LogP contribution in [0.5, 0.6) is 0 Å². The van der Waals surface area contributed by atoms with E-state index in [1.165, 1.54) is 17.5 Å². The molecule has 100 valence electrons. The minimum Gasteiger partial charge on any atom is -0.341 e. The minimum atomic E-state index is 0.279. The Labute approximate surface area is 122 Å². The van der Waals surface area contributed by atoms with Crippen molar-refractivity contribution >= 4 is 21.8 Å². The molecule has 0 radical (unpaired) electrons. The summed E-state index contributed by atoms with van der Waals surface area (Å²) in [5.41, 5.74) is 2.92. The molecular weight excluding hydrogens is 302 g/mol. The first-order chi connectivity index (χ1) is 9.25. The first-order valence-corrected chi connectivity index (χ1v) is 8.18. The van der Waals surface area contributed by atoms with Gasteiger partial charge in [0, 0.05) is 23.8 Å². The number of alkyl halides is 1. The summed E-state index contributed by atoms with van der Waals surface area (Å²) < 4.78 is 0. The van der Waals surface area contributed by atoms with Crippen LogP contribution in [0.1, 0.15) is 29.9 Å². The van der Waals surface area contributed by atoms with Gasteiger partial charge in [0.2, 0.25) is 5.91 Å². The number of likely N-dealkylation sites (tertiary alicyclic amines) is 1. The maximum atomic E-state index is 12.6. The van der Waals surface area contributed by atoms with Crippen LogP contribution in [0.3, 0.4) is 0 Å². The van der Waals surface area contributed by atoms with Crippen LogP contribution in [0.15, 0.2) is 24.3 Å². The van der Waals surface area contributed by atoms with Crippen molar-refractivity contribution in [3.05, 3.63) is 35.4 Å². The number of nitrogens with zero attached hydrogens (tertiary/aromatic N) is 1. The van der Waals surface area contributed by atoms with Crippen LogP contribution >= 0.6 is 15.9 Å². The van der Waals surface area contributed by atoms with Crippen molar-refractivity contribution in [2.24, 2.45) is 11.8 Å². The van der Waals surface area contributed by atoms with E-state index in [-0.39, 0.29) is 5.92 Å². The molecule has 1 amide bonds. The molecule has 2 nitrogen and oxygen atoms in total. The van der Waals surface area contributed by atoms with Gasteiger partial charge in [0.15, 0.2) is 0 Å². The van der Waals surface area contributed by atoms with Gasteiger partial charge in [-0.2, -0.15) is 0 Å². The summed E-state index contributed by atoms with van der Waals surface area (Å²) in [5, 5.41) is 0. The monoisotopic (exact) mass is 319 g/mol. The Bertz CT molecular complexity index is 529. The predicted molar refractivity (Wildman–Crippen MR) is 78.4 cm³/mol. The second-order valence-corrected chi connectivity index (χ2v) is 7.42. The molecule has 19 heavy (non-hydrogen) atoms. The molecule has 0 spiro atoms. The van der Waals surface area contributed by atoms with E-state index in [0.717, 1.165) is 25.9 Å². The molecule has 1 aromatic rings.